The minimum absolute atomic E-state index is 0. The molecule has 0 amide bonds. The Bertz CT molecular complexity index is 1260. The number of aliphatic hydroxyl groups excluding tert-OH is 1. The van der Waals surface area contributed by atoms with Crippen LogP contribution in [0.5, 0.6) is 0 Å². The molecule has 0 heterocycles. The minimum Gasteiger partial charge on any atom is -0.661 e. The molecule has 0 fully saturated rings. The summed E-state index contributed by atoms with van der Waals surface area (Å²) in [6, 6.07) is 19.6. The van der Waals surface area contributed by atoms with Crippen molar-refractivity contribution in [3.63, 3.8) is 0 Å². The molecule has 0 saturated carbocycles. The molecule has 5 heteroatoms. The van der Waals surface area contributed by atoms with Gasteiger partial charge >= 0.3 is 29.6 Å². The topological polar surface area (TPSA) is 81.3 Å². The molecule has 3 aromatic rings. The monoisotopic (exact) mass is 537 g/mol. The number of hydrogen-bond donors (Lipinski definition) is 2. The third-order valence-electron chi connectivity index (χ3n) is 8.37. The quantitative estimate of drug-likeness (QED) is 0.331. The second-order valence-corrected chi connectivity index (χ2v) is 11.8. The van der Waals surface area contributed by atoms with Crippen LogP contribution in [0.1, 0.15) is 93.3 Å². The van der Waals surface area contributed by atoms with Gasteiger partial charge in [0.15, 0.2) is 0 Å². The second-order valence-electron chi connectivity index (χ2n) is 11.8. The third-order valence-corrected chi connectivity index (χ3v) is 8.37. The second kappa shape index (κ2) is 13.6. The molecule has 2 atom stereocenters. The van der Waals surface area contributed by atoms with E-state index in [4.69, 9.17) is 10.8 Å². The molecule has 204 valence electrons. The number of nitrogens with one attached hydrogen (secondary N) is 1. The molecule has 0 radical (unpaired) electrons. The van der Waals surface area contributed by atoms with Crippen molar-refractivity contribution in [2.24, 2.45) is 5.41 Å². The van der Waals surface area contributed by atoms with Crippen LogP contribution in [0.25, 0.3) is 16.9 Å². The summed E-state index contributed by atoms with van der Waals surface area (Å²) in [5.74, 6) is -1.14. The van der Waals surface area contributed by atoms with Crippen LogP contribution >= 0.6 is 0 Å². The fourth-order valence-corrected chi connectivity index (χ4v) is 5.52. The molecule has 0 spiro atoms. The molecule has 3 rings (SSSR count). The van der Waals surface area contributed by atoms with Gasteiger partial charge in [-0.25, -0.2) is 0 Å². The maximum atomic E-state index is 11.2. The van der Waals surface area contributed by atoms with Gasteiger partial charge in [0, 0.05) is 5.41 Å². The summed E-state index contributed by atoms with van der Waals surface area (Å²) in [5, 5.41) is 19.6. The number of hydrogen-bond acceptors (Lipinski definition) is 2. The van der Waals surface area contributed by atoms with Crippen molar-refractivity contribution in [2.45, 2.75) is 91.7 Å². The first-order chi connectivity index (χ1) is 17.8. The molecule has 3 aromatic carbocycles. The zero-order valence-electron chi connectivity index (χ0n) is 25.1. The molecule has 3 N–H and O–H groups in total. The van der Waals surface area contributed by atoms with E-state index in [1.807, 2.05) is 12.1 Å². The van der Waals surface area contributed by atoms with Crippen molar-refractivity contribution >= 4 is 5.97 Å². The van der Waals surface area contributed by atoms with Crippen LogP contribution in [0, 0.1) is 19.3 Å². The average molecular weight is 538 g/mol. The minimum atomic E-state index is -1.26. The van der Waals surface area contributed by atoms with Crippen molar-refractivity contribution in [3.8, 4) is 11.1 Å². The van der Waals surface area contributed by atoms with Crippen molar-refractivity contribution in [3.05, 3.63) is 99.8 Å². The molecule has 4 nitrogen and oxygen atoms in total. The summed E-state index contributed by atoms with van der Waals surface area (Å²) in [7, 11) is 0. The molecular weight excluding hydrogens is 493 g/mol. The zero-order chi connectivity index (χ0) is 28.3. The van der Waals surface area contributed by atoms with Gasteiger partial charge in [-0.05, 0) is 89.9 Å². The standard InChI is InChI=1S/C34H44NO3.Na/c1-8-34(9-2,27-16-14-24(22(3)20-27)15-19-30(36)33(5,6)7)28-17-18-29(23(4)21-28)25-10-12-26(13-11-25)31(35)32(37)38;/h10-14,16-18,20-21,30-31,35-36H,8-9,15,19H2,1-7H3,(H,37,38);/q-1;+1/t30-,31?;/m0./s1. The van der Waals surface area contributed by atoms with Gasteiger partial charge in [-0.2, -0.15) is 0 Å². The molecule has 1 unspecified atom stereocenters. The van der Waals surface area contributed by atoms with Crippen LogP contribution < -0.4 is 29.6 Å². The summed E-state index contributed by atoms with van der Waals surface area (Å²) >= 11 is 0. The van der Waals surface area contributed by atoms with E-state index in [-0.39, 0.29) is 46.5 Å². The van der Waals surface area contributed by atoms with E-state index in [1.165, 1.54) is 27.8 Å². The Labute approximate surface area is 257 Å². The Kier molecular flexibility index (Phi) is 11.6. The maximum absolute atomic E-state index is 11.2. The Balaban J connectivity index is 0.00000533. The molecule has 0 bridgehead atoms. The van der Waals surface area contributed by atoms with Gasteiger partial charge in [0.1, 0.15) is 0 Å². The molecule has 0 aliphatic carbocycles. The Morgan fingerprint density at radius 2 is 1.41 bits per heavy atom. The van der Waals surface area contributed by atoms with E-state index < -0.39 is 12.0 Å². The first-order valence-corrected chi connectivity index (χ1v) is 13.8. The molecule has 0 saturated heterocycles. The van der Waals surface area contributed by atoms with Crippen molar-refractivity contribution in [2.75, 3.05) is 0 Å². The molecule has 0 aliphatic heterocycles. The number of carboxylic acids is 1. The number of aliphatic carboxylic acids is 1. The van der Waals surface area contributed by atoms with Gasteiger partial charge in [0.25, 0.3) is 5.97 Å². The Morgan fingerprint density at radius 3 is 1.87 bits per heavy atom. The Morgan fingerprint density at radius 1 is 0.872 bits per heavy atom. The number of rotatable bonds is 10. The molecule has 0 aliphatic rings. The maximum Gasteiger partial charge on any atom is 1.00 e. The van der Waals surface area contributed by atoms with E-state index in [9.17, 15) is 9.90 Å². The average Bonchev–Trinajstić information content (AvgIpc) is 2.88. The van der Waals surface area contributed by atoms with E-state index in [0.29, 0.717) is 5.56 Å². The van der Waals surface area contributed by atoms with Gasteiger partial charge in [-0.3, -0.25) is 4.79 Å². The first kappa shape index (κ1) is 33.3. The number of carboxylic acid groups (broad SMARTS) is 1. The van der Waals surface area contributed by atoms with Crippen LogP contribution in [-0.2, 0) is 16.6 Å². The van der Waals surface area contributed by atoms with Crippen LogP contribution in [0.15, 0.2) is 60.7 Å². The van der Waals surface area contributed by atoms with E-state index in [1.54, 1.807) is 12.1 Å². The van der Waals surface area contributed by atoms with E-state index >= 15 is 0 Å². The smallest absolute Gasteiger partial charge is 0.661 e. The van der Waals surface area contributed by atoms with Gasteiger partial charge < -0.3 is 15.9 Å². The molecule has 0 aromatic heterocycles. The number of carbonyl (C=O) groups is 1. The third kappa shape index (κ3) is 7.42. The molecule has 39 heavy (non-hydrogen) atoms. The zero-order valence-corrected chi connectivity index (χ0v) is 27.1. The predicted molar refractivity (Wildman–Crippen MR) is 158 cm³/mol. The summed E-state index contributed by atoms with van der Waals surface area (Å²) in [4.78, 5) is 11.2. The van der Waals surface area contributed by atoms with Crippen molar-refractivity contribution in [1.82, 2.24) is 0 Å². The largest absolute Gasteiger partial charge is 1.00 e. The van der Waals surface area contributed by atoms with Gasteiger partial charge in [-0.15, -0.1) is 0 Å². The van der Waals surface area contributed by atoms with Gasteiger partial charge in [0.05, 0.1) is 6.10 Å². The summed E-state index contributed by atoms with van der Waals surface area (Å²) in [6.07, 6.45) is 3.28. The van der Waals surface area contributed by atoms with Crippen molar-refractivity contribution in [1.29, 1.82) is 0 Å². The summed E-state index contributed by atoms with van der Waals surface area (Å²) in [5.41, 5.74) is 16.6. The van der Waals surface area contributed by atoms with E-state index in [2.05, 4.69) is 84.9 Å². The van der Waals surface area contributed by atoms with E-state index in [0.717, 1.165) is 36.8 Å². The van der Waals surface area contributed by atoms with Crippen LogP contribution in [0.3, 0.4) is 0 Å². The van der Waals surface area contributed by atoms with Crippen molar-refractivity contribution < 1.29 is 44.6 Å². The fourth-order valence-electron chi connectivity index (χ4n) is 5.52. The fraction of sp³-hybridized carbons (Fsp3) is 0.441. The van der Waals surface area contributed by atoms with Gasteiger partial charge in [-0.1, -0.05) is 101 Å². The normalized spacial score (nSPS) is 13.5. The molecular formula is C34H44NNaO3. The van der Waals surface area contributed by atoms with Crippen LogP contribution in [0.2, 0.25) is 0 Å². The number of benzene rings is 3. The SMILES string of the molecule is CCC(CC)(c1ccc(CC[C@H](O)C(C)(C)C)c(C)c1)c1ccc(-c2ccc(C([NH-])C(=O)O)cc2)c(C)c1.[Na+]. The summed E-state index contributed by atoms with van der Waals surface area (Å²) < 4.78 is 0. The Hall–Kier alpha value is -1.95. The predicted octanol–water partition coefficient (Wildman–Crippen LogP) is 5.60. The van der Waals surface area contributed by atoms with Crippen LogP contribution in [0.4, 0.5) is 0 Å². The number of aryl methyl sites for hydroxylation is 3. The van der Waals surface area contributed by atoms with Crippen LogP contribution in [-0.4, -0.2) is 22.3 Å². The number of aliphatic hydroxyl groups is 1. The first-order valence-electron chi connectivity index (χ1n) is 13.8. The summed E-state index contributed by atoms with van der Waals surface area (Å²) in [6.45, 7) is 15.1. The van der Waals surface area contributed by atoms with Gasteiger partial charge in [0.2, 0.25) is 0 Å².